The Hall–Kier alpha value is -0.200. The van der Waals surface area contributed by atoms with Crippen LogP contribution >= 0.6 is 23.5 Å². The van der Waals surface area contributed by atoms with Gasteiger partial charge in [-0.05, 0) is 13.3 Å². The van der Waals surface area contributed by atoms with Crippen LogP contribution in [-0.4, -0.2) is 32.9 Å². The third-order valence-corrected chi connectivity index (χ3v) is 7.41. The lowest BCUT2D eigenvalue weighted by Gasteiger charge is -2.29. The fraction of sp³-hybridized carbons (Fsp3) is 0.846. The minimum Gasteiger partial charge on any atom is -0.339 e. The van der Waals surface area contributed by atoms with Crippen molar-refractivity contribution in [3.63, 3.8) is 0 Å². The highest BCUT2D eigenvalue weighted by Crippen LogP contribution is 2.43. The molecule has 0 saturated carbocycles. The first-order valence-electron chi connectivity index (χ1n) is 6.81. The number of nitrogens with two attached hydrogens (primary N) is 1. The molecule has 1 aliphatic heterocycles. The Morgan fingerprint density at radius 3 is 2.74 bits per heavy atom. The van der Waals surface area contributed by atoms with Gasteiger partial charge < -0.3 is 10.3 Å². The summed E-state index contributed by atoms with van der Waals surface area (Å²) in [5, 5.41) is 5.84. The summed E-state index contributed by atoms with van der Waals surface area (Å²) in [6, 6.07) is 0. The van der Waals surface area contributed by atoms with Crippen LogP contribution in [0.3, 0.4) is 0 Å². The Morgan fingerprint density at radius 1 is 1.42 bits per heavy atom. The molecule has 1 saturated heterocycles. The molecule has 4 atom stereocenters. The molecule has 0 amide bonds. The van der Waals surface area contributed by atoms with E-state index in [9.17, 15) is 0 Å². The molecule has 4 nitrogen and oxygen atoms in total. The highest BCUT2D eigenvalue weighted by atomic mass is 32.2. The first-order valence-corrected chi connectivity index (χ1v) is 8.80. The molecule has 1 aromatic rings. The number of rotatable bonds is 4. The second-order valence-electron chi connectivity index (χ2n) is 5.44. The van der Waals surface area contributed by atoms with Gasteiger partial charge in [0.1, 0.15) is 0 Å². The van der Waals surface area contributed by atoms with Crippen LogP contribution in [0.25, 0.3) is 0 Å². The van der Waals surface area contributed by atoms with Gasteiger partial charge in [0.2, 0.25) is 5.89 Å². The van der Waals surface area contributed by atoms with Gasteiger partial charge in [-0.15, -0.1) is 11.8 Å². The van der Waals surface area contributed by atoms with Gasteiger partial charge in [-0.2, -0.15) is 16.7 Å². The van der Waals surface area contributed by atoms with Crippen LogP contribution in [0.15, 0.2) is 4.52 Å². The van der Waals surface area contributed by atoms with Gasteiger partial charge in [0.25, 0.3) is 0 Å². The van der Waals surface area contributed by atoms with Crippen LogP contribution in [0, 0.1) is 0 Å². The highest BCUT2D eigenvalue weighted by molar-refractivity contribution is 8.07. The van der Waals surface area contributed by atoms with E-state index in [0.717, 1.165) is 18.0 Å². The average Bonchev–Trinajstić information content (AvgIpc) is 2.91. The summed E-state index contributed by atoms with van der Waals surface area (Å²) in [5.41, 5.74) is 5.64. The molecule has 0 bridgehead atoms. The van der Waals surface area contributed by atoms with E-state index < -0.39 is 0 Å². The van der Waals surface area contributed by atoms with Crippen molar-refractivity contribution >= 4 is 23.5 Å². The molecule has 1 aromatic heterocycles. The van der Waals surface area contributed by atoms with Crippen LogP contribution in [0.1, 0.15) is 51.1 Å². The van der Waals surface area contributed by atoms with Gasteiger partial charge >= 0.3 is 0 Å². The molecule has 4 unspecified atom stereocenters. The minimum atomic E-state index is -0.198. The molecule has 0 radical (unpaired) electrons. The first-order chi connectivity index (χ1) is 9.00. The number of hydrogen-bond acceptors (Lipinski definition) is 6. The predicted octanol–water partition coefficient (Wildman–Crippen LogP) is 2.99. The molecule has 108 valence electrons. The Balaban J connectivity index is 2.13. The van der Waals surface area contributed by atoms with E-state index >= 15 is 0 Å². The third kappa shape index (κ3) is 3.11. The Labute approximate surface area is 123 Å². The Bertz CT molecular complexity index is 420. The van der Waals surface area contributed by atoms with E-state index in [1.54, 1.807) is 0 Å². The molecule has 19 heavy (non-hydrogen) atoms. The summed E-state index contributed by atoms with van der Waals surface area (Å²) in [5.74, 6) is 2.57. The number of thioether (sulfide) groups is 2. The van der Waals surface area contributed by atoms with Crippen LogP contribution < -0.4 is 5.73 Å². The quantitative estimate of drug-likeness (QED) is 0.922. The van der Waals surface area contributed by atoms with Crippen molar-refractivity contribution in [3.05, 3.63) is 11.7 Å². The highest BCUT2D eigenvalue weighted by Gasteiger charge is 2.33. The zero-order valence-corrected chi connectivity index (χ0v) is 13.7. The van der Waals surface area contributed by atoms with Gasteiger partial charge in [0, 0.05) is 22.8 Å². The fourth-order valence-electron chi connectivity index (χ4n) is 1.91. The van der Waals surface area contributed by atoms with Crippen molar-refractivity contribution < 1.29 is 4.52 Å². The molecule has 2 rings (SSSR count). The zero-order chi connectivity index (χ0) is 14.0. The Kier molecular flexibility index (Phi) is 4.84. The lowest BCUT2D eigenvalue weighted by molar-refractivity contribution is 0.289. The van der Waals surface area contributed by atoms with E-state index in [0.29, 0.717) is 28.2 Å². The summed E-state index contributed by atoms with van der Waals surface area (Å²) in [6.07, 6.45) is 0.908. The van der Waals surface area contributed by atoms with Crippen molar-refractivity contribution in [1.29, 1.82) is 0 Å². The molecular weight excluding hydrogens is 278 g/mol. The van der Waals surface area contributed by atoms with Gasteiger partial charge in [-0.1, -0.05) is 25.9 Å². The second kappa shape index (κ2) is 6.06. The molecular formula is C13H23N3OS2. The topological polar surface area (TPSA) is 64.9 Å². The monoisotopic (exact) mass is 301 g/mol. The first kappa shape index (κ1) is 15.2. The molecule has 1 aliphatic rings. The summed E-state index contributed by atoms with van der Waals surface area (Å²) in [6.45, 7) is 9.27. The van der Waals surface area contributed by atoms with Gasteiger partial charge in [-0.3, -0.25) is 0 Å². The van der Waals surface area contributed by atoms with E-state index in [-0.39, 0.29) is 5.41 Å². The van der Waals surface area contributed by atoms with Crippen molar-refractivity contribution in [1.82, 2.24) is 10.1 Å². The zero-order valence-electron chi connectivity index (χ0n) is 12.0. The largest absolute Gasteiger partial charge is 0.339 e. The molecule has 6 heteroatoms. The second-order valence-corrected chi connectivity index (χ2v) is 8.44. The number of hydrogen-bond donors (Lipinski definition) is 1. The Morgan fingerprint density at radius 2 is 2.16 bits per heavy atom. The molecule has 0 spiro atoms. The molecule has 0 aromatic carbocycles. The lowest BCUT2D eigenvalue weighted by atomic mass is 9.88. The van der Waals surface area contributed by atoms with Crippen LogP contribution in [0.2, 0.25) is 0 Å². The van der Waals surface area contributed by atoms with Crippen LogP contribution in [0.4, 0.5) is 0 Å². The average molecular weight is 301 g/mol. The van der Waals surface area contributed by atoms with E-state index in [1.165, 1.54) is 0 Å². The molecule has 2 heterocycles. The number of aromatic nitrogens is 2. The minimum absolute atomic E-state index is 0.198. The maximum Gasteiger partial charge on any atom is 0.233 e. The van der Waals surface area contributed by atoms with Crippen molar-refractivity contribution in [2.24, 2.45) is 5.73 Å². The standard InChI is InChI=1S/C13H23N3OS2/c1-5-13(4,7-14)12-15-11(16-17-12)10-6-18-8(2)9(3)19-10/h8-10H,5-7,14H2,1-4H3. The van der Waals surface area contributed by atoms with Crippen LogP contribution in [0.5, 0.6) is 0 Å². The van der Waals surface area contributed by atoms with E-state index in [4.69, 9.17) is 10.3 Å². The summed E-state index contributed by atoms with van der Waals surface area (Å²) < 4.78 is 5.46. The van der Waals surface area contributed by atoms with E-state index in [1.807, 2.05) is 23.5 Å². The fourth-order valence-corrected chi connectivity index (χ4v) is 4.75. The lowest BCUT2D eigenvalue weighted by Crippen LogP contribution is -2.31. The normalized spacial score (nSPS) is 31.1. The maximum absolute atomic E-state index is 5.84. The van der Waals surface area contributed by atoms with E-state index in [2.05, 4.69) is 37.8 Å². The molecule has 2 N–H and O–H groups in total. The summed E-state index contributed by atoms with van der Waals surface area (Å²) in [4.78, 5) is 4.62. The van der Waals surface area contributed by atoms with Crippen molar-refractivity contribution in [2.75, 3.05) is 12.3 Å². The number of nitrogens with zero attached hydrogens (tertiary/aromatic N) is 2. The third-order valence-electron chi connectivity index (χ3n) is 4.03. The summed E-state index contributed by atoms with van der Waals surface area (Å²) in [7, 11) is 0. The smallest absolute Gasteiger partial charge is 0.233 e. The SMILES string of the molecule is CCC(C)(CN)c1nc(C2CSC(C)C(C)S2)no1. The van der Waals surface area contributed by atoms with Crippen LogP contribution in [-0.2, 0) is 5.41 Å². The molecule has 1 fully saturated rings. The van der Waals surface area contributed by atoms with Crippen molar-refractivity contribution in [3.8, 4) is 0 Å². The van der Waals surface area contributed by atoms with Gasteiger partial charge in [0.15, 0.2) is 5.82 Å². The molecule has 0 aliphatic carbocycles. The summed E-state index contributed by atoms with van der Waals surface area (Å²) >= 11 is 3.94. The maximum atomic E-state index is 5.84. The van der Waals surface area contributed by atoms with Gasteiger partial charge in [0.05, 0.1) is 10.7 Å². The predicted molar refractivity (Wildman–Crippen MR) is 82.7 cm³/mol. The van der Waals surface area contributed by atoms with Gasteiger partial charge in [-0.25, -0.2) is 0 Å². The van der Waals surface area contributed by atoms with Crippen molar-refractivity contribution in [2.45, 2.75) is 55.3 Å².